The van der Waals surface area contributed by atoms with Crippen molar-refractivity contribution in [2.24, 2.45) is 0 Å². The molecule has 1 aliphatic heterocycles. The first-order valence-electron chi connectivity index (χ1n) is 8.46. The molecular weight excluding hydrogens is 320 g/mol. The second-order valence-electron chi connectivity index (χ2n) is 6.11. The molecule has 1 unspecified atom stereocenters. The number of hydrogen-bond acceptors (Lipinski definition) is 4. The first-order valence-corrected chi connectivity index (χ1v) is 9.40. The molecule has 1 aliphatic rings. The second kappa shape index (κ2) is 8.31. The molecule has 0 radical (unpaired) electrons. The van der Waals surface area contributed by atoms with Gasteiger partial charge in [-0.15, -0.1) is 0 Å². The van der Waals surface area contributed by atoms with Gasteiger partial charge in [0, 0.05) is 17.5 Å². The molecule has 24 heavy (non-hydrogen) atoms. The Kier molecular flexibility index (Phi) is 5.88. The third-order valence-electron chi connectivity index (χ3n) is 4.57. The number of carbonyl (C=O) groups excluding carboxylic acids is 1. The largest absolute Gasteiger partial charge is 0.497 e. The summed E-state index contributed by atoms with van der Waals surface area (Å²) in [5.74, 6) is 0.866. The van der Waals surface area contributed by atoms with Gasteiger partial charge in [-0.05, 0) is 55.1 Å². The maximum atomic E-state index is 12.3. The van der Waals surface area contributed by atoms with Gasteiger partial charge in [0.1, 0.15) is 5.75 Å². The lowest BCUT2D eigenvalue weighted by molar-refractivity contribution is 0.0925. The van der Waals surface area contributed by atoms with Crippen LogP contribution in [0.2, 0.25) is 0 Å². The minimum absolute atomic E-state index is 0.00627. The molecular formula is C19H24N2O2S. The molecule has 1 saturated heterocycles. The SMILES string of the molecule is COc1ccc(C(CNC(=O)c2ccsc2)N2CCCCC2)cc1. The Bertz CT molecular complexity index is 634. The van der Waals surface area contributed by atoms with Crippen molar-refractivity contribution in [2.75, 3.05) is 26.7 Å². The fraction of sp³-hybridized carbons (Fsp3) is 0.421. The number of ether oxygens (including phenoxy) is 1. The molecule has 2 heterocycles. The molecule has 0 aliphatic carbocycles. The van der Waals surface area contributed by atoms with Crippen molar-refractivity contribution in [1.82, 2.24) is 10.2 Å². The number of benzene rings is 1. The Labute approximate surface area is 147 Å². The van der Waals surface area contributed by atoms with Gasteiger partial charge in [-0.25, -0.2) is 0 Å². The van der Waals surface area contributed by atoms with E-state index in [1.54, 1.807) is 18.4 Å². The predicted molar refractivity (Wildman–Crippen MR) is 97.8 cm³/mol. The summed E-state index contributed by atoms with van der Waals surface area (Å²) in [5.41, 5.74) is 1.97. The maximum Gasteiger partial charge on any atom is 0.252 e. The Morgan fingerprint density at radius 3 is 2.58 bits per heavy atom. The first-order chi connectivity index (χ1) is 11.8. The Morgan fingerprint density at radius 2 is 1.96 bits per heavy atom. The van der Waals surface area contributed by atoms with Gasteiger partial charge < -0.3 is 10.1 Å². The molecule has 1 amide bonds. The molecule has 128 valence electrons. The van der Waals surface area contributed by atoms with Crippen molar-refractivity contribution < 1.29 is 9.53 Å². The minimum Gasteiger partial charge on any atom is -0.497 e. The zero-order chi connectivity index (χ0) is 16.8. The average molecular weight is 344 g/mol. The quantitative estimate of drug-likeness (QED) is 0.868. The van der Waals surface area contributed by atoms with Crippen LogP contribution in [-0.4, -0.2) is 37.6 Å². The van der Waals surface area contributed by atoms with Gasteiger partial charge in [-0.3, -0.25) is 9.69 Å². The number of hydrogen-bond donors (Lipinski definition) is 1. The van der Waals surface area contributed by atoms with Crippen LogP contribution in [0, 0.1) is 0 Å². The van der Waals surface area contributed by atoms with E-state index in [0.717, 1.165) is 24.4 Å². The van der Waals surface area contributed by atoms with Crippen LogP contribution >= 0.6 is 11.3 Å². The van der Waals surface area contributed by atoms with Gasteiger partial charge in [-0.1, -0.05) is 18.6 Å². The molecule has 0 bridgehead atoms. The highest BCUT2D eigenvalue weighted by Crippen LogP contribution is 2.26. The number of nitrogens with one attached hydrogen (secondary N) is 1. The number of rotatable bonds is 6. The Morgan fingerprint density at radius 1 is 1.21 bits per heavy atom. The zero-order valence-electron chi connectivity index (χ0n) is 14.0. The van der Waals surface area contributed by atoms with Crippen LogP contribution in [0.4, 0.5) is 0 Å². The number of thiophene rings is 1. The number of carbonyl (C=O) groups is 1. The number of piperidine rings is 1. The van der Waals surface area contributed by atoms with Crippen LogP contribution < -0.4 is 10.1 Å². The van der Waals surface area contributed by atoms with Gasteiger partial charge in [0.25, 0.3) is 5.91 Å². The number of nitrogens with zero attached hydrogens (tertiary/aromatic N) is 1. The highest BCUT2D eigenvalue weighted by atomic mass is 32.1. The van der Waals surface area contributed by atoms with E-state index in [-0.39, 0.29) is 11.9 Å². The molecule has 1 aromatic carbocycles. The van der Waals surface area contributed by atoms with Crippen molar-refractivity contribution in [3.63, 3.8) is 0 Å². The van der Waals surface area contributed by atoms with Gasteiger partial charge in [0.05, 0.1) is 13.2 Å². The summed E-state index contributed by atoms with van der Waals surface area (Å²) in [7, 11) is 1.68. The lowest BCUT2D eigenvalue weighted by Crippen LogP contribution is -2.40. The van der Waals surface area contributed by atoms with Crippen LogP contribution in [0.5, 0.6) is 5.75 Å². The minimum atomic E-state index is 0.00627. The second-order valence-corrected chi connectivity index (χ2v) is 6.89. The van der Waals surface area contributed by atoms with E-state index in [1.165, 1.54) is 24.8 Å². The van der Waals surface area contributed by atoms with Crippen LogP contribution in [0.15, 0.2) is 41.1 Å². The number of amides is 1. The third kappa shape index (κ3) is 4.16. The Balaban J connectivity index is 1.72. The van der Waals surface area contributed by atoms with E-state index in [1.807, 2.05) is 29.0 Å². The van der Waals surface area contributed by atoms with Crippen molar-refractivity contribution in [2.45, 2.75) is 25.3 Å². The summed E-state index contributed by atoms with van der Waals surface area (Å²) in [6.07, 6.45) is 3.75. The molecule has 0 saturated carbocycles. The maximum absolute atomic E-state index is 12.3. The van der Waals surface area contributed by atoms with E-state index in [9.17, 15) is 4.79 Å². The molecule has 1 N–H and O–H groups in total. The molecule has 1 aromatic heterocycles. The van der Waals surface area contributed by atoms with Crippen LogP contribution in [0.25, 0.3) is 0 Å². The van der Waals surface area contributed by atoms with E-state index in [0.29, 0.717) is 6.54 Å². The normalized spacial score (nSPS) is 16.5. The monoisotopic (exact) mass is 344 g/mol. The summed E-state index contributed by atoms with van der Waals surface area (Å²) in [4.78, 5) is 14.8. The van der Waals surface area contributed by atoms with Crippen LogP contribution in [0.3, 0.4) is 0 Å². The summed E-state index contributed by atoms with van der Waals surface area (Å²) in [6, 6.07) is 10.3. The fourth-order valence-electron chi connectivity index (χ4n) is 3.20. The van der Waals surface area contributed by atoms with Crippen LogP contribution in [-0.2, 0) is 0 Å². The van der Waals surface area contributed by atoms with E-state index < -0.39 is 0 Å². The lowest BCUT2D eigenvalue weighted by Gasteiger charge is -2.35. The molecule has 3 rings (SSSR count). The first kappa shape index (κ1) is 17.0. The summed E-state index contributed by atoms with van der Waals surface area (Å²) in [5, 5.41) is 6.92. The average Bonchev–Trinajstić information content (AvgIpc) is 3.18. The highest BCUT2D eigenvalue weighted by molar-refractivity contribution is 7.08. The van der Waals surface area contributed by atoms with E-state index in [2.05, 4.69) is 22.3 Å². The standard InChI is InChI=1S/C19H24N2O2S/c1-23-17-7-5-15(6-8-17)18(21-10-3-2-4-11-21)13-20-19(22)16-9-12-24-14-16/h5-9,12,14,18H,2-4,10-11,13H2,1H3,(H,20,22). The predicted octanol–water partition coefficient (Wildman–Crippen LogP) is 3.71. The topological polar surface area (TPSA) is 41.6 Å². The van der Waals surface area contributed by atoms with Crippen molar-refractivity contribution in [3.8, 4) is 5.75 Å². The van der Waals surface area contributed by atoms with E-state index >= 15 is 0 Å². The van der Waals surface area contributed by atoms with Crippen LogP contribution in [0.1, 0.15) is 41.2 Å². The highest BCUT2D eigenvalue weighted by Gasteiger charge is 2.23. The van der Waals surface area contributed by atoms with Gasteiger partial charge in [0.15, 0.2) is 0 Å². The molecule has 0 spiro atoms. The van der Waals surface area contributed by atoms with Gasteiger partial charge in [0.2, 0.25) is 0 Å². The third-order valence-corrected chi connectivity index (χ3v) is 5.25. The number of likely N-dealkylation sites (tertiary alicyclic amines) is 1. The lowest BCUT2D eigenvalue weighted by atomic mass is 10.0. The van der Waals surface area contributed by atoms with Gasteiger partial charge >= 0.3 is 0 Å². The Hall–Kier alpha value is -1.85. The van der Waals surface area contributed by atoms with Crippen molar-refractivity contribution in [1.29, 1.82) is 0 Å². The molecule has 2 aromatic rings. The summed E-state index contributed by atoms with van der Waals surface area (Å²) >= 11 is 1.55. The molecule has 1 atom stereocenters. The van der Waals surface area contributed by atoms with E-state index in [4.69, 9.17) is 4.74 Å². The van der Waals surface area contributed by atoms with Gasteiger partial charge in [-0.2, -0.15) is 11.3 Å². The van der Waals surface area contributed by atoms with Crippen molar-refractivity contribution >= 4 is 17.2 Å². The smallest absolute Gasteiger partial charge is 0.252 e. The molecule has 1 fully saturated rings. The molecule has 5 heteroatoms. The molecule has 4 nitrogen and oxygen atoms in total. The van der Waals surface area contributed by atoms with Crippen molar-refractivity contribution in [3.05, 3.63) is 52.2 Å². The zero-order valence-corrected chi connectivity index (χ0v) is 14.8. The number of methoxy groups -OCH3 is 1. The summed E-state index contributed by atoms with van der Waals surface area (Å²) in [6.45, 7) is 2.80. The summed E-state index contributed by atoms with van der Waals surface area (Å²) < 4.78 is 5.26. The fourth-order valence-corrected chi connectivity index (χ4v) is 3.83.